The first-order chi connectivity index (χ1) is 9.29. The molecule has 3 heteroatoms. The van der Waals surface area contributed by atoms with Crippen LogP contribution in [0.4, 0.5) is 0 Å². The van der Waals surface area contributed by atoms with Crippen molar-refractivity contribution in [1.29, 1.82) is 0 Å². The normalized spacial score (nSPS) is 31.3. The lowest BCUT2D eigenvalue weighted by Gasteiger charge is -2.34. The molecule has 2 aliphatic rings. The summed E-state index contributed by atoms with van der Waals surface area (Å²) in [6.07, 6.45) is 9.66. The van der Waals surface area contributed by atoms with E-state index in [2.05, 4.69) is 17.1 Å². The van der Waals surface area contributed by atoms with Gasteiger partial charge in [0.2, 0.25) is 0 Å². The van der Waals surface area contributed by atoms with Crippen LogP contribution >= 0.6 is 0 Å². The van der Waals surface area contributed by atoms with Gasteiger partial charge in [-0.15, -0.1) is 0 Å². The Hall–Kier alpha value is -0.120. The minimum absolute atomic E-state index is 0.683. The molecule has 3 N–H and O–H groups in total. The molecule has 3 atom stereocenters. The summed E-state index contributed by atoms with van der Waals surface area (Å²) >= 11 is 0. The molecule has 1 saturated carbocycles. The van der Waals surface area contributed by atoms with Crippen LogP contribution in [0.1, 0.15) is 51.9 Å². The lowest BCUT2D eigenvalue weighted by atomic mass is 9.84. The number of likely N-dealkylation sites (tertiary alicyclic amines) is 1. The van der Waals surface area contributed by atoms with Crippen LogP contribution in [-0.2, 0) is 0 Å². The molecule has 1 saturated heterocycles. The summed E-state index contributed by atoms with van der Waals surface area (Å²) in [5.41, 5.74) is 5.90. The minimum atomic E-state index is 0.683. The summed E-state index contributed by atoms with van der Waals surface area (Å²) in [5, 5.41) is 3.81. The Kier molecular flexibility index (Phi) is 6.62. The van der Waals surface area contributed by atoms with Gasteiger partial charge in [0.15, 0.2) is 0 Å². The van der Waals surface area contributed by atoms with Crippen molar-refractivity contribution in [3.63, 3.8) is 0 Å². The smallest absolute Gasteiger partial charge is 0.0107 e. The summed E-state index contributed by atoms with van der Waals surface area (Å²) in [6, 6.07) is 0.683. The molecule has 0 aromatic heterocycles. The number of nitrogens with zero attached hydrogens (tertiary/aromatic N) is 1. The maximum atomic E-state index is 5.90. The lowest BCUT2D eigenvalue weighted by Crippen LogP contribution is -2.45. The van der Waals surface area contributed by atoms with Crippen molar-refractivity contribution in [2.75, 3.05) is 32.7 Å². The van der Waals surface area contributed by atoms with Gasteiger partial charge < -0.3 is 16.0 Å². The van der Waals surface area contributed by atoms with Gasteiger partial charge in [0.1, 0.15) is 0 Å². The number of hydrogen-bond acceptors (Lipinski definition) is 3. The maximum Gasteiger partial charge on any atom is 0.0107 e. The van der Waals surface area contributed by atoms with E-state index in [0.717, 1.165) is 24.9 Å². The Morgan fingerprint density at radius 3 is 2.58 bits per heavy atom. The Morgan fingerprint density at radius 1 is 1.11 bits per heavy atom. The van der Waals surface area contributed by atoms with Crippen molar-refractivity contribution >= 4 is 0 Å². The van der Waals surface area contributed by atoms with E-state index in [0.29, 0.717) is 6.04 Å². The standard InChI is InChI=1S/C16H33N3/c1-14(13-19-9-5-2-6-10-19)12-18-16-8-4-3-7-15(16)11-17/h14-16,18H,2-13,17H2,1H3. The first kappa shape index (κ1) is 15.3. The molecule has 1 aliphatic heterocycles. The van der Waals surface area contributed by atoms with Gasteiger partial charge in [-0.2, -0.15) is 0 Å². The Labute approximate surface area is 119 Å². The molecule has 0 aromatic rings. The van der Waals surface area contributed by atoms with Crippen LogP contribution in [0, 0.1) is 11.8 Å². The number of nitrogens with one attached hydrogen (secondary N) is 1. The molecule has 0 radical (unpaired) electrons. The highest BCUT2D eigenvalue weighted by molar-refractivity contribution is 4.82. The summed E-state index contributed by atoms with van der Waals surface area (Å²) < 4.78 is 0. The van der Waals surface area contributed by atoms with E-state index in [4.69, 9.17) is 5.73 Å². The van der Waals surface area contributed by atoms with Crippen molar-refractivity contribution in [3.8, 4) is 0 Å². The van der Waals surface area contributed by atoms with E-state index in [9.17, 15) is 0 Å². The fraction of sp³-hybridized carbons (Fsp3) is 1.00. The van der Waals surface area contributed by atoms with Gasteiger partial charge in [-0.05, 0) is 63.7 Å². The van der Waals surface area contributed by atoms with Gasteiger partial charge in [0.05, 0.1) is 0 Å². The van der Waals surface area contributed by atoms with E-state index in [1.807, 2.05) is 0 Å². The summed E-state index contributed by atoms with van der Waals surface area (Å²) in [6.45, 7) is 8.32. The van der Waals surface area contributed by atoms with Crippen molar-refractivity contribution in [2.45, 2.75) is 57.9 Å². The number of rotatable bonds is 6. The molecular formula is C16H33N3. The van der Waals surface area contributed by atoms with Gasteiger partial charge >= 0.3 is 0 Å². The predicted molar refractivity (Wildman–Crippen MR) is 82.3 cm³/mol. The molecular weight excluding hydrogens is 234 g/mol. The van der Waals surface area contributed by atoms with E-state index >= 15 is 0 Å². The molecule has 3 nitrogen and oxygen atoms in total. The van der Waals surface area contributed by atoms with Crippen LogP contribution in [0.15, 0.2) is 0 Å². The molecule has 112 valence electrons. The highest BCUT2D eigenvalue weighted by Crippen LogP contribution is 2.23. The largest absolute Gasteiger partial charge is 0.330 e. The summed E-state index contributed by atoms with van der Waals surface area (Å²) in [5.74, 6) is 1.48. The highest BCUT2D eigenvalue weighted by atomic mass is 15.1. The average Bonchev–Trinajstić information content (AvgIpc) is 2.46. The van der Waals surface area contributed by atoms with Crippen LogP contribution in [0.2, 0.25) is 0 Å². The first-order valence-electron chi connectivity index (χ1n) is 8.45. The van der Waals surface area contributed by atoms with Crippen molar-refractivity contribution in [1.82, 2.24) is 10.2 Å². The first-order valence-corrected chi connectivity index (χ1v) is 8.45. The van der Waals surface area contributed by atoms with Crippen molar-refractivity contribution < 1.29 is 0 Å². The van der Waals surface area contributed by atoms with Crippen LogP contribution in [0.5, 0.6) is 0 Å². The van der Waals surface area contributed by atoms with Crippen LogP contribution in [-0.4, -0.2) is 43.7 Å². The van der Waals surface area contributed by atoms with Crippen molar-refractivity contribution in [3.05, 3.63) is 0 Å². The quantitative estimate of drug-likeness (QED) is 0.775. The summed E-state index contributed by atoms with van der Waals surface area (Å²) in [4.78, 5) is 2.65. The zero-order valence-corrected chi connectivity index (χ0v) is 12.7. The molecule has 19 heavy (non-hydrogen) atoms. The predicted octanol–water partition coefficient (Wildman–Crippen LogP) is 2.22. The van der Waals surface area contributed by atoms with Crippen LogP contribution < -0.4 is 11.1 Å². The van der Waals surface area contributed by atoms with Crippen molar-refractivity contribution in [2.24, 2.45) is 17.6 Å². The second-order valence-electron chi connectivity index (χ2n) is 6.76. The monoisotopic (exact) mass is 267 g/mol. The SMILES string of the molecule is CC(CNC1CCCCC1CN)CN1CCCCC1. The third kappa shape index (κ3) is 5.05. The van der Waals surface area contributed by atoms with E-state index in [-0.39, 0.29) is 0 Å². The molecule has 3 unspecified atom stereocenters. The van der Waals surface area contributed by atoms with Gasteiger partial charge in [-0.3, -0.25) is 0 Å². The molecule has 0 spiro atoms. The van der Waals surface area contributed by atoms with Crippen LogP contribution in [0.25, 0.3) is 0 Å². The molecule has 2 rings (SSSR count). The minimum Gasteiger partial charge on any atom is -0.330 e. The van der Waals surface area contributed by atoms with E-state index in [1.165, 1.54) is 64.6 Å². The Bertz CT molecular complexity index is 238. The zero-order chi connectivity index (χ0) is 13.5. The lowest BCUT2D eigenvalue weighted by molar-refractivity contribution is 0.189. The third-order valence-corrected chi connectivity index (χ3v) is 4.96. The maximum absolute atomic E-state index is 5.90. The average molecular weight is 267 g/mol. The second-order valence-corrected chi connectivity index (χ2v) is 6.76. The zero-order valence-electron chi connectivity index (χ0n) is 12.7. The molecule has 0 aromatic carbocycles. The fourth-order valence-electron chi connectivity index (χ4n) is 3.76. The molecule has 1 aliphatic carbocycles. The molecule has 2 fully saturated rings. The van der Waals surface area contributed by atoms with Gasteiger partial charge in [0.25, 0.3) is 0 Å². The Balaban J connectivity index is 1.65. The topological polar surface area (TPSA) is 41.3 Å². The Morgan fingerprint density at radius 2 is 1.84 bits per heavy atom. The number of hydrogen-bond donors (Lipinski definition) is 2. The van der Waals surface area contributed by atoms with E-state index in [1.54, 1.807) is 0 Å². The molecule has 1 heterocycles. The second kappa shape index (κ2) is 8.23. The van der Waals surface area contributed by atoms with Gasteiger partial charge in [0, 0.05) is 12.6 Å². The third-order valence-electron chi connectivity index (χ3n) is 4.96. The van der Waals surface area contributed by atoms with Crippen LogP contribution in [0.3, 0.4) is 0 Å². The van der Waals surface area contributed by atoms with E-state index < -0.39 is 0 Å². The summed E-state index contributed by atoms with van der Waals surface area (Å²) in [7, 11) is 0. The van der Waals surface area contributed by atoms with Gasteiger partial charge in [-0.25, -0.2) is 0 Å². The number of piperidine rings is 1. The number of nitrogens with two attached hydrogens (primary N) is 1. The fourth-order valence-corrected chi connectivity index (χ4v) is 3.76. The highest BCUT2D eigenvalue weighted by Gasteiger charge is 2.24. The molecule has 0 amide bonds. The van der Waals surface area contributed by atoms with Gasteiger partial charge in [-0.1, -0.05) is 26.2 Å². The molecule has 0 bridgehead atoms.